The van der Waals surface area contributed by atoms with Crippen LogP contribution in [-0.4, -0.2) is 16.1 Å². The predicted molar refractivity (Wildman–Crippen MR) is 98.1 cm³/mol. The molecule has 4 rings (SSSR count). The minimum absolute atomic E-state index is 0.0663. The van der Waals surface area contributed by atoms with Crippen molar-refractivity contribution < 1.29 is 4.79 Å². The summed E-state index contributed by atoms with van der Waals surface area (Å²) in [6, 6.07) is 9.62. The summed E-state index contributed by atoms with van der Waals surface area (Å²) in [7, 11) is 0. The Hall–Kier alpha value is -2.17. The molecule has 2 aromatic rings. The predicted octanol–water partition coefficient (Wildman–Crippen LogP) is 3.85. The highest BCUT2D eigenvalue weighted by molar-refractivity contribution is 8.00. The number of nitrogens with zero attached hydrogens (tertiary/aromatic N) is 3. The van der Waals surface area contributed by atoms with E-state index in [-0.39, 0.29) is 11.8 Å². The quantitative estimate of drug-likeness (QED) is 0.493. The lowest BCUT2D eigenvalue weighted by Crippen LogP contribution is -2.25. The largest absolute Gasteiger partial charge is 0.300 e. The molecule has 0 saturated heterocycles. The number of aromatic nitrogens is 2. The molecule has 2 aliphatic rings. The number of hydrogen-bond donors (Lipinski definition) is 1. The number of rotatable bonds is 5. The molecule has 1 aromatic heterocycles. The average molecular weight is 368 g/mol. The van der Waals surface area contributed by atoms with Gasteiger partial charge in [0.1, 0.15) is 0 Å². The second-order valence-electron chi connectivity index (χ2n) is 6.35. The molecule has 1 N–H and O–H groups in total. The summed E-state index contributed by atoms with van der Waals surface area (Å²) in [5, 5.41) is 20.5. The van der Waals surface area contributed by atoms with Gasteiger partial charge < -0.3 is 5.32 Å². The molecule has 3 atom stereocenters. The van der Waals surface area contributed by atoms with Gasteiger partial charge in [-0.25, -0.2) is 0 Å². The van der Waals surface area contributed by atoms with E-state index < -0.39 is 0 Å². The molecule has 126 valence electrons. The van der Waals surface area contributed by atoms with E-state index >= 15 is 0 Å². The lowest BCUT2D eigenvalue weighted by molar-refractivity contribution is -0.120. The van der Waals surface area contributed by atoms with Crippen LogP contribution >= 0.6 is 23.1 Å². The van der Waals surface area contributed by atoms with E-state index in [2.05, 4.69) is 33.7 Å². The number of fused-ring (bicyclic) bond motifs is 2. The molecule has 7 heteroatoms. The zero-order chi connectivity index (χ0) is 17.2. The Labute approximate surface area is 154 Å². The summed E-state index contributed by atoms with van der Waals surface area (Å²) in [5.41, 5.74) is 1.78. The van der Waals surface area contributed by atoms with Crippen molar-refractivity contribution in [2.75, 3.05) is 5.32 Å². The van der Waals surface area contributed by atoms with Gasteiger partial charge in [0.15, 0.2) is 4.34 Å². The molecule has 25 heavy (non-hydrogen) atoms. The lowest BCUT2D eigenvalue weighted by atomic mass is 9.93. The molecular weight excluding hydrogens is 352 g/mol. The number of benzene rings is 1. The number of hydrogen-bond acceptors (Lipinski definition) is 6. The van der Waals surface area contributed by atoms with Gasteiger partial charge in [-0.05, 0) is 42.4 Å². The van der Waals surface area contributed by atoms with Gasteiger partial charge in [-0.2, -0.15) is 5.26 Å². The van der Waals surface area contributed by atoms with Crippen molar-refractivity contribution >= 4 is 34.1 Å². The third-order valence-electron chi connectivity index (χ3n) is 4.70. The van der Waals surface area contributed by atoms with Crippen molar-refractivity contribution in [2.24, 2.45) is 17.8 Å². The number of carbonyl (C=O) groups is 1. The molecule has 5 nitrogen and oxygen atoms in total. The Morgan fingerprint density at radius 2 is 2.12 bits per heavy atom. The highest BCUT2D eigenvalue weighted by Crippen LogP contribution is 2.44. The van der Waals surface area contributed by atoms with E-state index in [1.165, 1.54) is 11.3 Å². The molecule has 2 aliphatic carbocycles. The van der Waals surface area contributed by atoms with Crippen LogP contribution in [0.5, 0.6) is 0 Å². The van der Waals surface area contributed by atoms with E-state index in [4.69, 9.17) is 5.26 Å². The summed E-state index contributed by atoms with van der Waals surface area (Å²) >= 11 is 2.98. The van der Waals surface area contributed by atoms with Gasteiger partial charge >= 0.3 is 0 Å². The van der Waals surface area contributed by atoms with Crippen molar-refractivity contribution in [1.29, 1.82) is 5.26 Å². The molecule has 1 amide bonds. The van der Waals surface area contributed by atoms with Gasteiger partial charge in [-0.3, -0.25) is 4.79 Å². The summed E-state index contributed by atoms with van der Waals surface area (Å²) in [6.07, 6.45) is 6.47. The maximum atomic E-state index is 12.4. The molecule has 2 bridgehead atoms. The van der Waals surface area contributed by atoms with Gasteiger partial charge in [0.05, 0.1) is 11.6 Å². The standard InChI is InChI=1S/C18H16N4OS2/c19-9-11-1-3-12(4-2-11)10-24-18-22-21-17(25-18)20-16(23)15-8-13-5-6-14(15)7-13/h1-6,13-15H,7-8,10H2,(H,20,21,23). The lowest BCUT2D eigenvalue weighted by Gasteiger charge is -2.16. The molecule has 3 unspecified atom stereocenters. The number of carbonyl (C=O) groups excluding carboxylic acids is 1. The maximum absolute atomic E-state index is 12.4. The highest BCUT2D eigenvalue weighted by Gasteiger charge is 2.39. The van der Waals surface area contributed by atoms with Crippen LogP contribution in [0.25, 0.3) is 0 Å². The number of thioether (sulfide) groups is 1. The number of nitriles is 1. The van der Waals surface area contributed by atoms with Crippen LogP contribution in [0.15, 0.2) is 40.8 Å². The van der Waals surface area contributed by atoms with E-state index in [1.54, 1.807) is 11.8 Å². The van der Waals surface area contributed by atoms with E-state index in [0.29, 0.717) is 22.5 Å². The van der Waals surface area contributed by atoms with Crippen LogP contribution in [0.1, 0.15) is 24.0 Å². The first kappa shape index (κ1) is 16.3. The Balaban J connectivity index is 1.32. The summed E-state index contributed by atoms with van der Waals surface area (Å²) in [4.78, 5) is 12.4. The molecule has 0 spiro atoms. The molecule has 1 saturated carbocycles. The zero-order valence-electron chi connectivity index (χ0n) is 13.4. The number of amides is 1. The second-order valence-corrected chi connectivity index (χ2v) is 8.55. The normalized spacial score (nSPS) is 23.6. The van der Waals surface area contributed by atoms with Crippen LogP contribution < -0.4 is 5.32 Å². The Kier molecular flexibility index (Phi) is 4.55. The van der Waals surface area contributed by atoms with Gasteiger partial charge in [-0.15, -0.1) is 10.2 Å². The van der Waals surface area contributed by atoms with Crippen molar-refractivity contribution in [3.63, 3.8) is 0 Å². The zero-order valence-corrected chi connectivity index (χ0v) is 15.0. The molecular formula is C18H16N4OS2. The Bertz CT molecular complexity index is 853. The first-order chi connectivity index (χ1) is 12.2. The summed E-state index contributed by atoms with van der Waals surface area (Å²) in [6.45, 7) is 0. The molecule has 1 aromatic carbocycles. The Morgan fingerprint density at radius 3 is 2.80 bits per heavy atom. The van der Waals surface area contributed by atoms with Crippen molar-refractivity contribution in [2.45, 2.75) is 22.9 Å². The second kappa shape index (κ2) is 6.98. The fourth-order valence-electron chi connectivity index (χ4n) is 3.42. The first-order valence-corrected chi connectivity index (χ1v) is 9.96. The van der Waals surface area contributed by atoms with Crippen LogP contribution in [0.3, 0.4) is 0 Å². The third-order valence-corrected chi connectivity index (χ3v) is 6.74. The number of allylic oxidation sites excluding steroid dienone is 2. The minimum atomic E-state index is 0.0663. The Morgan fingerprint density at radius 1 is 1.28 bits per heavy atom. The van der Waals surface area contributed by atoms with Gasteiger partial charge in [-0.1, -0.05) is 47.4 Å². The number of anilines is 1. The van der Waals surface area contributed by atoms with Crippen molar-refractivity contribution in [3.05, 3.63) is 47.5 Å². The first-order valence-electron chi connectivity index (χ1n) is 8.16. The van der Waals surface area contributed by atoms with E-state index in [9.17, 15) is 4.79 Å². The van der Waals surface area contributed by atoms with Gasteiger partial charge in [0.2, 0.25) is 11.0 Å². The topological polar surface area (TPSA) is 78.7 Å². The van der Waals surface area contributed by atoms with Crippen molar-refractivity contribution in [1.82, 2.24) is 10.2 Å². The molecule has 1 heterocycles. The van der Waals surface area contributed by atoms with Crippen molar-refractivity contribution in [3.8, 4) is 6.07 Å². The smallest absolute Gasteiger partial charge is 0.229 e. The number of nitrogens with one attached hydrogen (secondary N) is 1. The van der Waals surface area contributed by atoms with Gasteiger partial charge in [0.25, 0.3) is 0 Å². The van der Waals surface area contributed by atoms with Crippen LogP contribution in [0.2, 0.25) is 0 Å². The summed E-state index contributed by atoms with van der Waals surface area (Å²) < 4.78 is 0.826. The maximum Gasteiger partial charge on any atom is 0.229 e. The summed E-state index contributed by atoms with van der Waals surface area (Å²) in [5.74, 6) is 1.87. The van der Waals surface area contributed by atoms with E-state index in [1.807, 2.05) is 24.3 Å². The molecule has 1 fully saturated rings. The molecule has 0 aliphatic heterocycles. The van der Waals surface area contributed by atoms with Crippen LogP contribution in [0.4, 0.5) is 5.13 Å². The molecule has 0 radical (unpaired) electrons. The minimum Gasteiger partial charge on any atom is -0.300 e. The highest BCUT2D eigenvalue weighted by atomic mass is 32.2. The monoisotopic (exact) mass is 368 g/mol. The van der Waals surface area contributed by atoms with E-state index in [0.717, 1.165) is 28.5 Å². The van der Waals surface area contributed by atoms with Crippen LogP contribution in [-0.2, 0) is 10.5 Å². The van der Waals surface area contributed by atoms with Crippen LogP contribution in [0, 0.1) is 29.1 Å². The van der Waals surface area contributed by atoms with Gasteiger partial charge in [0, 0.05) is 11.7 Å². The third kappa shape index (κ3) is 3.60. The fourth-order valence-corrected chi connectivity index (χ4v) is 5.13. The average Bonchev–Trinajstić information content (AvgIpc) is 3.37. The SMILES string of the molecule is N#Cc1ccc(CSc2nnc(NC(=O)C3CC4C=CC3C4)s2)cc1. The fraction of sp³-hybridized carbons (Fsp3) is 0.333.